The van der Waals surface area contributed by atoms with Crippen LogP contribution in [0.25, 0.3) is 10.1 Å². The van der Waals surface area contributed by atoms with Crippen LogP contribution in [-0.4, -0.2) is 17.5 Å². The van der Waals surface area contributed by atoms with Crippen LogP contribution in [0, 0.1) is 0 Å². The van der Waals surface area contributed by atoms with E-state index in [1.165, 1.54) is 4.70 Å². The van der Waals surface area contributed by atoms with Gasteiger partial charge in [-0.2, -0.15) is 0 Å². The van der Waals surface area contributed by atoms with Gasteiger partial charge in [-0.25, -0.2) is 0 Å². The number of pyridine rings is 1. The number of esters is 1. The quantitative estimate of drug-likeness (QED) is 0.376. The molecule has 0 amide bonds. The van der Waals surface area contributed by atoms with Crippen molar-refractivity contribution in [2.45, 2.75) is 12.0 Å². The van der Waals surface area contributed by atoms with Gasteiger partial charge in [0.15, 0.2) is 0 Å². The van der Waals surface area contributed by atoms with Gasteiger partial charge in [-0.05, 0) is 52.7 Å². The number of hydrogen-bond acceptors (Lipinski definition) is 5. The van der Waals surface area contributed by atoms with Crippen molar-refractivity contribution in [2.24, 2.45) is 0 Å². The minimum atomic E-state index is -0.779. The highest BCUT2D eigenvalue weighted by molar-refractivity contribution is 7.17. The Kier molecular flexibility index (Phi) is 3.20. The van der Waals surface area contributed by atoms with Crippen LogP contribution in [0.4, 0.5) is 5.69 Å². The van der Waals surface area contributed by atoms with E-state index in [4.69, 9.17) is 4.74 Å². The van der Waals surface area contributed by atoms with Gasteiger partial charge in [0, 0.05) is 28.7 Å². The summed E-state index contributed by atoms with van der Waals surface area (Å²) in [7, 11) is 0. The van der Waals surface area contributed by atoms with Crippen LogP contribution in [0.1, 0.15) is 16.8 Å². The van der Waals surface area contributed by atoms with E-state index in [2.05, 4.69) is 39.5 Å². The number of nitrogens with zero attached hydrogens (tertiary/aromatic N) is 2. The maximum atomic E-state index is 13.3. The Labute approximate surface area is 166 Å². The molecule has 0 saturated carbocycles. The Morgan fingerprint density at radius 2 is 1.96 bits per heavy atom. The van der Waals surface area contributed by atoms with E-state index < -0.39 is 5.41 Å². The number of carbonyl (C=O) groups is 1. The van der Waals surface area contributed by atoms with E-state index in [1.54, 1.807) is 17.5 Å². The average molecular weight is 384 g/mol. The molecule has 1 atom stereocenters. The van der Waals surface area contributed by atoms with Crippen molar-refractivity contribution in [1.82, 2.24) is 4.98 Å². The smallest absolute Gasteiger partial charge is 0.328 e. The summed E-state index contributed by atoms with van der Waals surface area (Å²) in [6.45, 7) is 1.22. The standard InChI is InChI=1S/C23H16N2O2S/c26-22-23(18-12-21-15(8-10-28-21)11-20(18)27-22)14-25(13-16-5-3-4-9-24-16)19-7-2-1-6-17(19)23/h1-12H,13-14H2. The lowest BCUT2D eigenvalue weighted by molar-refractivity contribution is -0.136. The summed E-state index contributed by atoms with van der Waals surface area (Å²) in [5, 5.41) is 3.19. The van der Waals surface area contributed by atoms with E-state index >= 15 is 0 Å². The second-order valence-corrected chi connectivity index (χ2v) is 8.24. The highest BCUT2D eigenvalue weighted by atomic mass is 32.1. The molecule has 2 aliphatic heterocycles. The minimum absolute atomic E-state index is 0.184. The van der Waals surface area contributed by atoms with Crippen molar-refractivity contribution in [1.29, 1.82) is 0 Å². The maximum absolute atomic E-state index is 13.3. The molecular weight excluding hydrogens is 368 g/mol. The highest BCUT2D eigenvalue weighted by Crippen LogP contribution is 2.53. The molecule has 2 aromatic heterocycles. The average Bonchev–Trinajstić information content (AvgIpc) is 3.38. The topological polar surface area (TPSA) is 42.4 Å². The van der Waals surface area contributed by atoms with Gasteiger partial charge in [0.2, 0.25) is 0 Å². The predicted octanol–water partition coefficient (Wildman–Crippen LogP) is 4.52. The molecule has 0 saturated heterocycles. The lowest BCUT2D eigenvalue weighted by atomic mass is 9.77. The lowest BCUT2D eigenvalue weighted by Crippen LogP contribution is -2.40. The molecule has 0 bridgehead atoms. The van der Waals surface area contributed by atoms with Gasteiger partial charge >= 0.3 is 5.97 Å². The van der Waals surface area contributed by atoms with Gasteiger partial charge in [0.05, 0.1) is 12.2 Å². The molecule has 1 spiro atoms. The molecule has 0 N–H and O–H groups in total. The molecule has 2 aromatic carbocycles. The number of benzene rings is 2. The molecule has 28 heavy (non-hydrogen) atoms. The van der Waals surface area contributed by atoms with E-state index in [-0.39, 0.29) is 5.97 Å². The van der Waals surface area contributed by atoms with Gasteiger partial charge < -0.3 is 9.64 Å². The number of thiophene rings is 1. The molecular formula is C23H16N2O2S. The molecule has 2 aliphatic rings. The monoisotopic (exact) mass is 384 g/mol. The Hall–Kier alpha value is -3.18. The number of aromatic nitrogens is 1. The summed E-state index contributed by atoms with van der Waals surface area (Å²) < 4.78 is 6.98. The zero-order valence-corrected chi connectivity index (χ0v) is 15.8. The van der Waals surface area contributed by atoms with E-state index in [9.17, 15) is 4.79 Å². The van der Waals surface area contributed by atoms with Crippen molar-refractivity contribution >= 4 is 33.1 Å². The number of carbonyl (C=O) groups excluding carboxylic acids is 1. The number of hydrogen-bond donors (Lipinski definition) is 0. The second-order valence-electron chi connectivity index (χ2n) is 7.30. The Bertz CT molecular complexity index is 1230. The minimum Gasteiger partial charge on any atom is -0.425 e. The third-order valence-electron chi connectivity index (χ3n) is 5.78. The zero-order valence-electron chi connectivity index (χ0n) is 15.0. The highest BCUT2D eigenvalue weighted by Gasteiger charge is 2.56. The molecule has 0 fully saturated rings. The van der Waals surface area contributed by atoms with Gasteiger partial charge in [-0.15, -0.1) is 11.3 Å². The van der Waals surface area contributed by atoms with E-state index in [0.717, 1.165) is 27.9 Å². The van der Waals surface area contributed by atoms with E-state index in [1.807, 2.05) is 36.4 Å². The first-order chi connectivity index (χ1) is 13.8. The molecule has 0 aliphatic carbocycles. The maximum Gasteiger partial charge on any atom is 0.328 e. The first kappa shape index (κ1) is 15.8. The van der Waals surface area contributed by atoms with Crippen molar-refractivity contribution in [3.63, 3.8) is 0 Å². The Balaban J connectivity index is 1.53. The number of fused-ring (bicyclic) bond motifs is 5. The summed E-state index contributed by atoms with van der Waals surface area (Å²) >= 11 is 1.69. The normalized spacial score (nSPS) is 19.9. The third-order valence-corrected chi connectivity index (χ3v) is 6.66. The van der Waals surface area contributed by atoms with Gasteiger partial charge in [-0.3, -0.25) is 9.78 Å². The molecule has 6 rings (SSSR count). The first-order valence-electron chi connectivity index (χ1n) is 9.24. The van der Waals surface area contributed by atoms with Crippen LogP contribution >= 0.6 is 11.3 Å². The fourth-order valence-corrected chi connectivity index (χ4v) is 5.31. The van der Waals surface area contributed by atoms with Crippen LogP contribution in [-0.2, 0) is 16.8 Å². The largest absolute Gasteiger partial charge is 0.425 e. The van der Waals surface area contributed by atoms with Crippen LogP contribution in [0.15, 0.2) is 72.2 Å². The molecule has 5 heteroatoms. The number of para-hydroxylation sites is 1. The molecule has 1 unspecified atom stereocenters. The van der Waals surface area contributed by atoms with Crippen LogP contribution in [0.5, 0.6) is 5.75 Å². The third kappa shape index (κ3) is 2.05. The van der Waals surface area contributed by atoms with E-state index in [0.29, 0.717) is 18.8 Å². The summed E-state index contributed by atoms with van der Waals surface area (Å²) in [4.78, 5) is 20.0. The van der Waals surface area contributed by atoms with Crippen LogP contribution in [0.2, 0.25) is 0 Å². The number of anilines is 1. The molecule has 4 heterocycles. The predicted molar refractivity (Wildman–Crippen MR) is 110 cm³/mol. The van der Waals surface area contributed by atoms with Crippen molar-refractivity contribution in [3.05, 3.63) is 89.1 Å². The lowest BCUT2D eigenvalue weighted by Gasteiger charge is -2.23. The molecule has 4 nitrogen and oxygen atoms in total. The van der Waals surface area contributed by atoms with Crippen LogP contribution < -0.4 is 9.64 Å². The fourth-order valence-electron chi connectivity index (χ4n) is 4.50. The van der Waals surface area contributed by atoms with Gasteiger partial charge in [0.1, 0.15) is 11.2 Å². The second kappa shape index (κ2) is 5.66. The molecule has 4 aromatic rings. The van der Waals surface area contributed by atoms with Crippen molar-refractivity contribution < 1.29 is 9.53 Å². The zero-order chi connectivity index (χ0) is 18.7. The van der Waals surface area contributed by atoms with Gasteiger partial charge in [0.25, 0.3) is 0 Å². The summed E-state index contributed by atoms with van der Waals surface area (Å²) in [6, 6.07) is 20.3. The van der Waals surface area contributed by atoms with Gasteiger partial charge in [-0.1, -0.05) is 24.3 Å². The summed E-state index contributed by atoms with van der Waals surface area (Å²) in [5.74, 6) is 0.501. The Morgan fingerprint density at radius 1 is 1.07 bits per heavy atom. The number of rotatable bonds is 2. The van der Waals surface area contributed by atoms with Crippen molar-refractivity contribution in [3.8, 4) is 5.75 Å². The number of ether oxygens (including phenoxy) is 1. The van der Waals surface area contributed by atoms with Crippen molar-refractivity contribution in [2.75, 3.05) is 11.4 Å². The fraction of sp³-hybridized carbons (Fsp3) is 0.130. The molecule has 0 radical (unpaired) electrons. The SMILES string of the molecule is O=C1Oc2cc3ccsc3cc2C12CN(Cc1ccccn1)c1ccccc12. The summed E-state index contributed by atoms with van der Waals surface area (Å²) in [6.07, 6.45) is 1.81. The molecule has 136 valence electrons. The first-order valence-corrected chi connectivity index (χ1v) is 10.1. The Morgan fingerprint density at radius 3 is 2.86 bits per heavy atom. The van der Waals surface area contributed by atoms with Crippen LogP contribution in [0.3, 0.4) is 0 Å². The summed E-state index contributed by atoms with van der Waals surface area (Å²) in [5.41, 5.74) is 3.27.